The van der Waals surface area contributed by atoms with Crippen LogP contribution in [0.3, 0.4) is 0 Å². The van der Waals surface area contributed by atoms with E-state index < -0.39 is 33.9 Å². The molecule has 0 aromatic heterocycles. The van der Waals surface area contributed by atoms with Crippen molar-refractivity contribution < 1.29 is 33.2 Å². The maximum Gasteiger partial charge on any atom is 0.164 e. The topological polar surface area (TPSA) is 74.2 Å². The molecule has 0 aromatic carbocycles. The fourth-order valence-corrected chi connectivity index (χ4v) is 10.4. The van der Waals surface area contributed by atoms with E-state index in [1.54, 1.807) is 13.8 Å². The van der Waals surface area contributed by atoms with Gasteiger partial charge >= 0.3 is 0 Å². The average Bonchev–Trinajstić information content (AvgIpc) is 3.34. The number of halogens is 1. The van der Waals surface area contributed by atoms with Gasteiger partial charge in [-0.1, -0.05) is 13.8 Å². The Hall–Kier alpha value is -0.860. The van der Waals surface area contributed by atoms with Crippen LogP contribution in [0.5, 0.6) is 0 Å². The smallest absolute Gasteiger partial charge is 0.164 e. The second-order valence-electron chi connectivity index (χ2n) is 16.2. The molecule has 6 rings (SSSR count). The Labute approximate surface area is 239 Å². The molecule has 226 valence electrons. The Bertz CT molecular complexity index is 1110. The second kappa shape index (κ2) is 8.62. The number of rotatable bonds is 4. The minimum atomic E-state index is -1.29. The highest BCUT2D eigenvalue weighted by Gasteiger charge is 2.71. The molecule has 1 N–H and O–H groups in total. The van der Waals surface area contributed by atoms with Crippen molar-refractivity contribution in [2.24, 2.45) is 28.6 Å². The third-order valence-electron chi connectivity index (χ3n) is 12.2. The van der Waals surface area contributed by atoms with Crippen molar-refractivity contribution in [1.82, 2.24) is 0 Å². The highest BCUT2D eigenvalue weighted by molar-refractivity contribution is 5.95. The van der Waals surface area contributed by atoms with Gasteiger partial charge in [-0.2, -0.15) is 0 Å². The quantitative estimate of drug-likeness (QED) is 0.426. The Morgan fingerprint density at radius 2 is 1.62 bits per heavy atom. The van der Waals surface area contributed by atoms with Crippen LogP contribution in [0, 0.1) is 28.6 Å². The normalized spacial score (nSPS) is 51.1. The van der Waals surface area contributed by atoms with Crippen LogP contribution in [-0.2, 0) is 23.7 Å². The highest BCUT2D eigenvalue weighted by Crippen LogP contribution is 2.70. The lowest BCUT2D eigenvalue weighted by Crippen LogP contribution is -2.62. The van der Waals surface area contributed by atoms with Crippen molar-refractivity contribution in [2.75, 3.05) is 0 Å². The van der Waals surface area contributed by atoms with Gasteiger partial charge in [0.2, 0.25) is 0 Å². The monoisotopic (exact) mass is 562 g/mol. The van der Waals surface area contributed by atoms with E-state index >= 15 is 0 Å². The summed E-state index contributed by atoms with van der Waals surface area (Å²) in [6, 6.07) is 0. The first-order chi connectivity index (χ1) is 18.2. The molecular weight excluding hydrogens is 511 g/mol. The molecule has 7 heteroatoms. The predicted octanol–water partition coefficient (Wildman–Crippen LogP) is 6.43. The average molecular weight is 563 g/mol. The maximum atomic E-state index is 14.6. The number of allylic oxidation sites excluding steroid dienone is 1. The molecule has 40 heavy (non-hydrogen) atoms. The van der Waals surface area contributed by atoms with Crippen molar-refractivity contribution in [3.8, 4) is 0 Å². The lowest BCUT2D eigenvalue weighted by atomic mass is 9.45. The standard InChI is InChI=1S/C33H51FO6/c1-27(2,34)13-12-26-32(9,40-29(5,6)39-26)25-11-15-33(36)20-16-22(35)21-17-23-24(38-28(3,4)37-23)18-30(21,7)19(20)10-14-31(25,33)8/h16,19,21,23-26,36H,10-15,17-18H2,1-9H3/t19-,21-,23+,24-,25-,26-,30+,31+,32+,33+/m0/s1. The van der Waals surface area contributed by atoms with Gasteiger partial charge in [0.25, 0.3) is 0 Å². The summed E-state index contributed by atoms with van der Waals surface area (Å²) in [5.74, 6) is -1.30. The Morgan fingerprint density at radius 1 is 0.950 bits per heavy atom. The summed E-state index contributed by atoms with van der Waals surface area (Å²) < 4.78 is 40.3. The molecular formula is C33H51FO6. The lowest BCUT2D eigenvalue weighted by Gasteiger charge is -2.60. The van der Waals surface area contributed by atoms with Crippen molar-refractivity contribution in [3.05, 3.63) is 11.6 Å². The van der Waals surface area contributed by atoms with Gasteiger partial charge in [0, 0.05) is 11.3 Å². The maximum absolute atomic E-state index is 14.6. The zero-order chi connectivity index (χ0) is 29.3. The van der Waals surface area contributed by atoms with Gasteiger partial charge in [0.1, 0.15) is 5.67 Å². The molecule has 2 saturated heterocycles. The van der Waals surface area contributed by atoms with Crippen molar-refractivity contribution in [1.29, 1.82) is 0 Å². The summed E-state index contributed by atoms with van der Waals surface area (Å²) >= 11 is 0. The molecule has 0 unspecified atom stereocenters. The van der Waals surface area contributed by atoms with E-state index in [2.05, 4.69) is 20.8 Å². The van der Waals surface area contributed by atoms with Gasteiger partial charge in [-0.15, -0.1) is 0 Å². The lowest BCUT2D eigenvalue weighted by molar-refractivity contribution is -0.190. The summed E-state index contributed by atoms with van der Waals surface area (Å²) in [6.07, 6.45) is 6.92. The molecule has 0 aromatic rings. The minimum absolute atomic E-state index is 0.00470. The first-order valence-corrected chi connectivity index (χ1v) is 15.6. The third kappa shape index (κ3) is 4.15. The number of ketones is 1. The first kappa shape index (κ1) is 29.2. The molecule has 3 saturated carbocycles. The Morgan fingerprint density at radius 3 is 2.30 bits per heavy atom. The summed E-state index contributed by atoms with van der Waals surface area (Å²) in [5.41, 5.74) is -2.92. The molecule has 6 nitrogen and oxygen atoms in total. The number of fused-ring (bicyclic) bond motifs is 6. The minimum Gasteiger partial charge on any atom is -0.385 e. The Balaban J connectivity index is 1.33. The number of hydrogen-bond donors (Lipinski definition) is 1. The van der Waals surface area contributed by atoms with E-state index in [9.17, 15) is 14.3 Å². The first-order valence-electron chi connectivity index (χ1n) is 15.6. The van der Waals surface area contributed by atoms with Gasteiger partial charge in [-0.05, 0) is 129 Å². The van der Waals surface area contributed by atoms with Gasteiger partial charge in [0.05, 0.1) is 29.5 Å². The number of aliphatic hydroxyl groups is 1. The van der Waals surface area contributed by atoms with E-state index in [-0.39, 0.29) is 47.3 Å². The van der Waals surface area contributed by atoms with E-state index in [0.29, 0.717) is 25.7 Å². The molecule has 0 amide bonds. The molecule has 2 aliphatic heterocycles. The molecule has 6 aliphatic rings. The van der Waals surface area contributed by atoms with Crippen molar-refractivity contribution >= 4 is 5.78 Å². The molecule has 5 fully saturated rings. The van der Waals surface area contributed by atoms with Gasteiger partial charge < -0.3 is 24.1 Å². The molecule has 2 heterocycles. The van der Waals surface area contributed by atoms with Crippen LogP contribution in [0.25, 0.3) is 0 Å². The van der Waals surface area contributed by atoms with Crippen molar-refractivity contribution in [2.45, 2.75) is 160 Å². The van der Waals surface area contributed by atoms with Crippen molar-refractivity contribution in [3.63, 3.8) is 0 Å². The molecule has 0 spiro atoms. The van der Waals surface area contributed by atoms with E-state index in [4.69, 9.17) is 18.9 Å². The zero-order valence-electron chi connectivity index (χ0n) is 26.1. The van der Waals surface area contributed by atoms with Crippen LogP contribution in [0.4, 0.5) is 4.39 Å². The molecule has 0 bridgehead atoms. The second-order valence-corrected chi connectivity index (χ2v) is 16.2. The summed E-state index contributed by atoms with van der Waals surface area (Å²) in [5, 5.41) is 12.7. The summed E-state index contributed by atoms with van der Waals surface area (Å²) in [7, 11) is 0. The zero-order valence-corrected chi connectivity index (χ0v) is 26.1. The van der Waals surface area contributed by atoms with Crippen LogP contribution in [0.1, 0.15) is 114 Å². The summed E-state index contributed by atoms with van der Waals surface area (Å²) in [4.78, 5) is 13.8. The molecule has 10 atom stereocenters. The van der Waals surface area contributed by atoms with Crippen LogP contribution in [-0.4, -0.2) is 57.6 Å². The fourth-order valence-electron chi connectivity index (χ4n) is 10.4. The number of alkyl halides is 1. The predicted molar refractivity (Wildman–Crippen MR) is 149 cm³/mol. The van der Waals surface area contributed by atoms with Crippen LogP contribution in [0.2, 0.25) is 0 Å². The SMILES string of the molecule is CC(C)(F)CC[C@@H]1OC(C)(C)O[C@]1(C)[C@H]1CC[C@@]2(O)C3=CC(=O)[C@@H]4C[C@H]5OC(C)(C)O[C@H]5C[C@]4(C)[C@H]3CC[C@]12C. The van der Waals surface area contributed by atoms with E-state index in [1.807, 2.05) is 33.8 Å². The van der Waals surface area contributed by atoms with Crippen LogP contribution in [0.15, 0.2) is 11.6 Å². The van der Waals surface area contributed by atoms with E-state index in [1.165, 1.54) is 0 Å². The largest absolute Gasteiger partial charge is 0.385 e. The van der Waals surface area contributed by atoms with Crippen LogP contribution >= 0.6 is 0 Å². The number of hydrogen-bond acceptors (Lipinski definition) is 6. The third-order valence-corrected chi connectivity index (χ3v) is 12.2. The number of carbonyl (C=O) groups is 1. The Kier molecular flexibility index (Phi) is 6.29. The van der Waals surface area contributed by atoms with Gasteiger partial charge in [0.15, 0.2) is 17.4 Å². The van der Waals surface area contributed by atoms with Gasteiger partial charge in [-0.3, -0.25) is 4.79 Å². The van der Waals surface area contributed by atoms with E-state index in [0.717, 1.165) is 31.3 Å². The number of carbonyl (C=O) groups excluding carboxylic acids is 1. The highest BCUT2D eigenvalue weighted by atomic mass is 19.1. The summed E-state index contributed by atoms with van der Waals surface area (Å²) in [6.45, 7) is 17.6. The molecule has 4 aliphatic carbocycles. The van der Waals surface area contributed by atoms with Crippen LogP contribution < -0.4 is 0 Å². The van der Waals surface area contributed by atoms with Gasteiger partial charge in [-0.25, -0.2) is 4.39 Å². The fraction of sp³-hybridized carbons (Fsp3) is 0.909. The molecule has 0 radical (unpaired) electrons. The number of ether oxygens (including phenoxy) is 4.